The molecule has 2 aliphatic rings. The molecule has 27 heavy (non-hydrogen) atoms. The highest BCUT2D eigenvalue weighted by molar-refractivity contribution is 5.91. The molecule has 0 bridgehead atoms. The second-order valence-electron chi connectivity index (χ2n) is 8.45. The van der Waals surface area contributed by atoms with Crippen molar-refractivity contribution in [2.24, 2.45) is 5.41 Å². The van der Waals surface area contributed by atoms with E-state index in [4.69, 9.17) is 0 Å². The molecule has 4 N–H and O–H groups in total. The Kier molecular flexibility index (Phi) is 4.84. The molecule has 0 saturated carbocycles. The van der Waals surface area contributed by atoms with E-state index in [2.05, 4.69) is 24.5 Å². The Morgan fingerprint density at radius 2 is 1.93 bits per heavy atom. The molecule has 7 nitrogen and oxygen atoms in total. The first-order chi connectivity index (χ1) is 12.6. The smallest absolute Gasteiger partial charge is 0.246 e. The molecule has 7 heteroatoms. The van der Waals surface area contributed by atoms with E-state index in [0.29, 0.717) is 0 Å². The van der Waals surface area contributed by atoms with Crippen LogP contribution in [0.5, 0.6) is 11.5 Å². The van der Waals surface area contributed by atoms with Crippen LogP contribution in [0.3, 0.4) is 0 Å². The molecule has 4 atom stereocenters. The van der Waals surface area contributed by atoms with Crippen molar-refractivity contribution >= 4 is 11.8 Å². The lowest BCUT2D eigenvalue weighted by atomic mass is 9.82. The number of benzene rings is 1. The summed E-state index contributed by atoms with van der Waals surface area (Å²) in [5, 5.41) is 25.7. The van der Waals surface area contributed by atoms with Crippen LogP contribution in [0.15, 0.2) is 12.1 Å². The zero-order chi connectivity index (χ0) is 20.1. The Morgan fingerprint density at radius 1 is 1.30 bits per heavy atom. The van der Waals surface area contributed by atoms with E-state index < -0.39 is 12.1 Å². The lowest BCUT2D eigenvalue weighted by molar-refractivity contribution is -0.139. The highest BCUT2D eigenvalue weighted by Crippen LogP contribution is 2.50. The zero-order valence-corrected chi connectivity index (χ0v) is 16.5. The van der Waals surface area contributed by atoms with Gasteiger partial charge in [-0.15, -0.1) is 0 Å². The predicted molar refractivity (Wildman–Crippen MR) is 101 cm³/mol. The van der Waals surface area contributed by atoms with E-state index in [9.17, 15) is 19.8 Å². The highest BCUT2D eigenvalue weighted by atomic mass is 16.3. The largest absolute Gasteiger partial charge is 0.504 e. The number of hydrogen-bond acceptors (Lipinski definition) is 5. The predicted octanol–water partition coefficient (Wildman–Crippen LogP) is 1.43. The second kappa shape index (κ2) is 6.71. The third kappa shape index (κ3) is 3.25. The van der Waals surface area contributed by atoms with Crippen LogP contribution in [0, 0.1) is 5.41 Å². The minimum absolute atomic E-state index is 0.0157. The Labute approximate surface area is 159 Å². The molecule has 2 aliphatic heterocycles. The fourth-order valence-corrected chi connectivity index (χ4v) is 4.17. The van der Waals surface area contributed by atoms with Gasteiger partial charge in [0.05, 0.1) is 12.1 Å². The molecule has 1 saturated heterocycles. The van der Waals surface area contributed by atoms with E-state index in [-0.39, 0.29) is 47.2 Å². The monoisotopic (exact) mass is 375 g/mol. The van der Waals surface area contributed by atoms with Crippen LogP contribution in [-0.2, 0) is 16.0 Å². The average Bonchev–Trinajstić information content (AvgIpc) is 2.79. The van der Waals surface area contributed by atoms with E-state index in [1.54, 1.807) is 20.0 Å². The molecule has 2 heterocycles. The average molecular weight is 375 g/mol. The Hall–Kier alpha value is -2.28. The van der Waals surface area contributed by atoms with Gasteiger partial charge in [0.1, 0.15) is 6.04 Å². The maximum atomic E-state index is 13.4. The van der Waals surface area contributed by atoms with Crippen molar-refractivity contribution in [1.82, 2.24) is 15.5 Å². The van der Waals surface area contributed by atoms with E-state index in [1.807, 2.05) is 11.8 Å². The quantitative estimate of drug-likeness (QED) is 0.599. The van der Waals surface area contributed by atoms with Gasteiger partial charge >= 0.3 is 0 Å². The highest BCUT2D eigenvalue weighted by Gasteiger charge is 2.50. The van der Waals surface area contributed by atoms with Crippen molar-refractivity contribution in [2.75, 3.05) is 7.05 Å². The number of nitrogens with one attached hydrogen (secondary N) is 2. The van der Waals surface area contributed by atoms with Crippen LogP contribution in [0.1, 0.15) is 51.3 Å². The Balaban J connectivity index is 2.06. The molecule has 0 aromatic heterocycles. The number of phenols is 2. The lowest BCUT2D eigenvalue weighted by Gasteiger charge is -2.33. The van der Waals surface area contributed by atoms with Crippen molar-refractivity contribution < 1.29 is 19.8 Å². The maximum Gasteiger partial charge on any atom is 0.246 e. The van der Waals surface area contributed by atoms with Crippen molar-refractivity contribution in [1.29, 1.82) is 0 Å². The number of carbonyl (C=O) groups is 2. The summed E-state index contributed by atoms with van der Waals surface area (Å²) in [6, 6.07) is 1.74. The summed E-state index contributed by atoms with van der Waals surface area (Å²) in [6.07, 6.45) is 1.04. The van der Waals surface area contributed by atoms with Crippen LogP contribution in [0.25, 0.3) is 0 Å². The number of carbonyl (C=O) groups excluding carboxylic acids is 2. The minimum Gasteiger partial charge on any atom is -0.504 e. The topological polar surface area (TPSA) is 102 Å². The summed E-state index contributed by atoms with van der Waals surface area (Å²) in [5.41, 5.74) is 1.52. The van der Waals surface area contributed by atoms with Crippen LogP contribution < -0.4 is 10.6 Å². The molecule has 2 amide bonds. The normalized spacial score (nSPS) is 27.5. The van der Waals surface area contributed by atoms with Crippen molar-refractivity contribution in [3.8, 4) is 11.5 Å². The summed E-state index contributed by atoms with van der Waals surface area (Å²) in [6.45, 7) is 8.00. The van der Waals surface area contributed by atoms with Gasteiger partial charge in [-0.1, -0.05) is 13.8 Å². The molecular formula is C20H29N3O4. The van der Waals surface area contributed by atoms with Gasteiger partial charge < -0.3 is 25.7 Å². The fraction of sp³-hybridized carbons (Fsp3) is 0.600. The van der Waals surface area contributed by atoms with Gasteiger partial charge in [0.25, 0.3) is 0 Å². The maximum absolute atomic E-state index is 13.4. The molecule has 1 aromatic carbocycles. The number of amides is 2. The molecule has 1 aromatic rings. The third-order valence-electron chi connectivity index (χ3n) is 6.32. The van der Waals surface area contributed by atoms with E-state index in [0.717, 1.165) is 17.5 Å². The molecular weight excluding hydrogens is 346 g/mol. The third-order valence-corrected chi connectivity index (χ3v) is 6.32. The van der Waals surface area contributed by atoms with Crippen LogP contribution in [0.4, 0.5) is 0 Å². The van der Waals surface area contributed by atoms with Gasteiger partial charge in [-0.3, -0.25) is 9.59 Å². The van der Waals surface area contributed by atoms with Crippen LogP contribution in [0.2, 0.25) is 0 Å². The molecule has 148 valence electrons. The first-order valence-corrected chi connectivity index (χ1v) is 9.41. The molecule has 1 fully saturated rings. The fourth-order valence-electron chi connectivity index (χ4n) is 4.17. The Bertz CT molecular complexity index is 777. The number of nitrogens with zero attached hydrogens (tertiary/aromatic N) is 1. The number of phenolic OH excluding ortho intramolecular Hbond substituents is 2. The number of rotatable bonds is 3. The van der Waals surface area contributed by atoms with E-state index in [1.165, 1.54) is 6.07 Å². The van der Waals surface area contributed by atoms with Crippen molar-refractivity contribution in [2.45, 2.75) is 64.7 Å². The number of likely N-dealkylation sites (N-methyl/N-ethyl adjacent to an activating group) is 1. The summed E-state index contributed by atoms with van der Waals surface area (Å²) in [4.78, 5) is 27.6. The first-order valence-electron chi connectivity index (χ1n) is 9.41. The zero-order valence-electron chi connectivity index (χ0n) is 16.5. The minimum atomic E-state index is -0.711. The van der Waals surface area contributed by atoms with Gasteiger partial charge in [0.2, 0.25) is 11.8 Å². The van der Waals surface area contributed by atoms with Crippen molar-refractivity contribution in [3.05, 3.63) is 23.3 Å². The van der Waals surface area contributed by atoms with Gasteiger partial charge in [-0.05, 0) is 56.0 Å². The van der Waals surface area contributed by atoms with Crippen molar-refractivity contribution in [3.63, 3.8) is 0 Å². The standard InChI is InChI=1S/C20H29N3O4/c1-10(21-5)18(26)22-14-6-12-7-16(24)17(25)8-13(12)15-9-20(3,4)11(2)23(15)19(14)27/h7-8,10-11,14-15,21,24-25H,6,9H2,1-5H3,(H,22,26)/t10-,11?,14-,15+/m0/s1. The van der Waals surface area contributed by atoms with Crippen LogP contribution >= 0.6 is 0 Å². The second-order valence-corrected chi connectivity index (χ2v) is 8.45. The summed E-state index contributed by atoms with van der Waals surface area (Å²) < 4.78 is 0. The Morgan fingerprint density at radius 3 is 2.56 bits per heavy atom. The molecule has 0 radical (unpaired) electrons. The summed E-state index contributed by atoms with van der Waals surface area (Å²) in [5.74, 6) is -0.770. The number of fused-ring (bicyclic) bond motifs is 3. The summed E-state index contributed by atoms with van der Waals surface area (Å²) in [7, 11) is 1.69. The SMILES string of the molecule is CN[C@@H](C)C(=O)N[C@H]1Cc2cc(O)c(O)cc2[C@H]2CC(C)(C)C(C)N2C1=O. The van der Waals surface area contributed by atoms with Crippen LogP contribution in [-0.4, -0.2) is 52.1 Å². The van der Waals surface area contributed by atoms with Gasteiger partial charge in [-0.2, -0.15) is 0 Å². The lowest BCUT2D eigenvalue weighted by Crippen LogP contribution is -2.54. The first kappa shape index (κ1) is 19.5. The van der Waals surface area contributed by atoms with Gasteiger partial charge in [-0.25, -0.2) is 0 Å². The van der Waals surface area contributed by atoms with E-state index >= 15 is 0 Å². The molecule has 0 spiro atoms. The number of aromatic hydroxyl groups is 2. The molecule has 0 aliphatic carbocycles. The number of hydrogen-bond donors (Lipinski definition) is 4. The molecule has 1 unspecified atom stereocenters. The summed E-state index contributed by atoms with van der Waals surface area (Å²) >= 11 is 0. The van der Waals surface area contributed by atoms with Gasteiger partial charge in [0, 0.05) is 12.5 Å². The molecule has 3 rings (SSSR count). The van der Waals surface area contributed by atoms with Gasteiger partial charge in [0.15, 0.2) is 11.5 Å².